The quantitative estimate of drug-likeness (QED) is 0.688. The number of aliphatic imine (C=N–C) groups is 1. The molecule has 7 heteroatoms. The molecule has 0 saturated carbocycles. The zero-order valence-corrected chi connectivity index (χ0v) is 16.6. The molecular weight excluding hydrogens is 370 g/mol. The van der Waals surface area contributed by atoms with Crippen LogP contribution < -0.4 is 5.32 Å². The monoisotopic (exact) mass is 389 g/mol. The van der Waals surface area contributed by atoms with Crippen LogP contribution in [-0.2, 0) is 11.8 Å². The van der Waals surface area contributed by atoms with E-state index in [9.17, 15) is 4.79 Å². The Balaban J connectivity index is 1.66. The summed E-state index contributed by atoms with van der Waals surface area (Å²) >= 11 is 1.34. The normalized spacial score (nSPS) is 16.8. The van der Waals surface area contributed by atoms with Crippen LogP contribution >= 0.6 is 11.8 Å². The van der Waals surface area contributed by atoms with Crippen LogP contribution in [0.15, 0.2) is 58.8 Å². The zero-order chi connectivity index (χ0) is 19.7. The van der Waals surface area contributed by atoms with Gasteiger partial charge in [0.25, 0.3) is 5.91 Å². The Hall–Kier alpha value is -3.19. The maximum absolute atomic E-state index is 12.5. The number of aromatic nitrogens is 3. The molecule has 6 nitrogen and oxygen atoms in total. The van der Waals surface area contributed by atoms with E-state index >= 15 is 0 Å². The van der Waals surface area contributed by atoms with Gasteiger partial charge in [-0.3, -0.25) is 14.5 Å². The molecule has 1 fully saturated rings. The molecule has 1 N–H and O–H groups in total. The lowest BCUT2D eigenvalue weighted by Gasteiger charge is -2.02. The molecule has 3 heterocycles. The van der Waals surface area contributed by atoms with Crippen LogP contribution in [-0.4, -0.2) is 25.8 Å². The Morgan fingerprint density at radius 2 is 1.96 bits per heavy atom. The average molecular weight is 389 g/mol. The molecule has 0 bridgehead atoms. The molecule has 140 valence electrons. The van der Waals surface area contributed by atoms with E-state index in [2.05, 4.69) is 20.4 Å². The van der Waals surface area contributed by atoms with Crippen LogP contribution in [0.25, 0.3) is 17.3 Å². The van der Waals surface area contributed by atoms with Crippen LogP contribution in [0.1, 0.15) is 16.7 Å². The number of pyridine rings is 1. The first kappa shape index (κ1) is 18.2. The van der Waals surface area contributed by atoms with Gasteiger partial charge in [-0.15, -0.1) is 0 Å². The fraction of sp³-hybridized carbons (Fsp3) is 0.143. The van der Waals surface area contributed by atoms with Gasteiger partial charge in [0, 0.05) is 36.8 Å². The molecule has 3 aromatic rings. The molecule has 0 unspecified atom stereocenters. The van der Waals surface area contributed by atoms with E-state index in [1.165, 1.54) is 11.8 Å². The number of thioether (sulfide) groups is 1. The van der Waals surface area contributed by atoms with Crippen LogP contribution in [0.5, 0.6) is 0 Å². The average Bonchev–Trinajstić information content (AvgIpc) is 3.21. The maximum atomic E-state index is 12.5. The van der Waals surface area contributed by atoms with Crippen molar-refractivity contribution in [3.05, 3.63) is 70.5 Å². The van der Waals surface area contributed by atoms with Gasteiger partial charge in [-0.2, -0.15) is 5.10 Å². The molecule has 0 radical (unpaired) electrons. The summed E-state index contributed by atoms with van der Waals surface area (Å²) in [5, 5.41) is 7.97. The maximum Gasteiger partial charge on any atom is 0.264 e. The number of rotatable bonds is 3. The van der Waals surface area contributed by atoms with E-state index in [0.717, 1.165) is 33.6 Å². The summed E-state index contributed by atoms with van der Waals surface area (Å²) in [6, 6.07) is 9.90. The molecule has 1 aromatic carbocycles. The van der Waals surface area contributed by atoms with Crippen LogP contribution in [0.2, 0.25) is 0 Å². The highest BCUT2D eigenvalue weighted by Crippen LogP contribution is 2.31. The Kier molecular flexibility index (Phi) is 4.83. The van der Waals surface area contributed by atoms with Gasteiger partial charge < -0.3 is 5.32 Å². The minimum Gasteiger partial charge on any atom is -0.300 e. The molecule has 0 aliphatic carbocycles. The van der Waals surface area contributed by atoms with E-state index in [-0.39, 0.29) is 5.91 Å². The van der Waals surface area contributed by atoms with Crippen molar-refractivity contribution < 1.29 is 4.79 Å². The van der Waals surface area contributed by atoms with Gasteiger partial charge in [0.05, 0.1) is 16.3 Å². The summed E-state index contributed by atoms with van der Waals surface area (Å²) in [6.45, 7) is 4.03. The highest BCUT2D eigenvalue weighted by molar-refractivity contribution is 8.18. The predicted molar refractivity (Wildman–Crippen MR) is 113 cm³/mol. The molecule has 2 aromatic heterocycles. The van der Waals surface area contributed by atoms with Gasteiger partial charge in [0.1, 0.15) is 0 Å². The minimum absolute atomic E-state index is 0.154. The Bertz CT molecular complexity index is 1120. The molecular formula is C21H19N5OS. The predicted octanol–water partition coefficient (Wildman–Crippen LogP) is 3.99. The molecule has 1 aliphatic rings. The second-order valence-electron chi connectivity index (χ2n) is 6.61. The fourth-order valence-electron chi connectivity index (χ4n) is 2.92. The molecule has 1 aliphatic heterocycles. The van der Waals surface area contributed by atoms with Crippen molar-refractivity contribution in [1.29, 1.82) is 0 Å². The summed E-state index contributed by atoms with van der Waals surface area (Å²) in [5.74, 6) is -0.154. The second kappa shape index (κ2) is 7.44. The first-order chi connectivity index (χ1) is 13.5. The molecule has 0 atom stereocenters. The number of hydrogen-bond donors (Lipinski definition) is 1. The van der Waals surface area contributed by atoms with Crippen molar-refractivity contribution in [3.8, 4) is 11.3 Å². The third-order valence-corrected chi connectivity index (χ3v) is 5.24. The first-order valence-corrected chi connectivity index (χ1v) is 9.62. The number of carbonyl (C=O) groups is 1. The second-order valence-corrected chi connectivity index (χ2v) is 7.64. The number of amidine groups is 1. The fourth-order valence-corrected chi connectivity index (χ4v) is 3.74. The smallest absolute Gasteiger partial charge is 0.264 e. The SMILES string of the molecule is Cc1ccc(C)c(N=C2NC(=O)C(=Cc3cn(C)nc3-c3ccncc3)S2)c1. The van der Waals surface area contributed by atoms with Crippen molar-refractivity contribution >= 4 is 34.6 Å². The van der Waals surface area contributed by atoms with Gasteiger partial charge in [-0.25, -0.2) is 4.99 Å². The topological polar surface area (TPSA) is 72.2 Å². The lowest BCUT2D eigenvalue weighted by atomic mass is 10.1. The molecule has 0 spiro atoms. The lowest BCUT2D eigenvalue weighted by Crippen LogP contribution is -2.19. The van der Waals surface area contributed by atoms with Crippen molar-refractivity contribution in [2.45, 2.75) is 13.8 Å². The third kappa shape index (κ3) is 3.75. The van der Waals surface area contributed by atoms with Crippen LogP contribution in [0.3, 0.4) is 0 Å². The van der Waals surface area contributed by atoms with Gasteiger partial charge >= 0.3 is 0 Å². The van der Waals surface area contributed by atoms with Crippen molar-refractivity contribution in [1.82, 2.24) is 20.1 Å². The highest BCUT2D eigenvalue weighted by atomic mass is 32.2. The number of nitrogens with zero attached hydrogens (tertiary/aromatic N) is 4. The van der Waals surface area contributed by atoms with Crippen molar-refractivity contribution in [2.24, 2.45) is 12.0 Å². The lowest BCUT2D eigenvalue weighted by molar-refractivity contribution is -0.115. The van der Waals surface area contributed by atoms with Crippen molar-refractivity contribution in [2.75, 3.05) is 0 Å². The Labute approximate surface area is 167 Å². The van der Waals surface area contributed by atoms with E-state index in [1.54, 1.807) is 17.1 Å². The molecule has 1 amide bonds. The summed E-state index contributed by atoms with van der Waals surface area (Å²) < 4.78 is 1.74. The van der Waals surface area contributed by atoms with Gasteiger partial charge in [-0.1, -0.05) is 12.1 Å². The number of aryl methyl sites for hydroxylation is 3. The van der Waals surface area contributed by atoms with Crippen LogP contribution in [0.4, 0.5) is 5.69 Å². The van der Waals surface area contributed by atoms with Gasteiger partial charge in [-0.05, 0) is 61.0 Å². The largest absolute Gasteiger partial charge is 0.300 e. The summed E-state index contributed by atoms with van der Waals surface area (Å²) in [4.78, 5) is 21.7. The number of carbonyl (C=O) groups excluding carboxylic acids is 1. The van der Waals surface area contributed by atoms with Crippen LogP contribution in [0, 0.1) is 13.8 Å². The third-order valence-electron chi connectivity index (χ3n) is 4.33. The van der Waals surface area contributed by atoms with Gasteiger partial charge in [0.15, 0.2) is 5.17 Å². The van der Waals surface area contributed by atoms with E-state index < -0.39 is 0 Å². The standard InChI is InChI=1S/C21H19N5OS/c1-13-4-5-14(2)17(10-13)23-21-24-20(27)18(28-21)11-16-12-26(3)25-19(16)15-6-8-22-9-7-15/h4-12H,1-3H3,(H,23,24,27). The van der Waals surface area contributed by atoms with E-state index in [4.69, 9.17) is 0 Å². The molecule has 1 saturated heterocycles. The number of amides is 1. The number of hydrogen-bond acceptors (Lipinski definition) is 5. The van der Waals surface area contributed by atoms with E-state index in [0.29, 0.717) is 10.1 Å². The van der Waals surface area contributed by atoms with E-state index in [1.807, 2.05) is 63.5 Å². The Morgan fingerprint density at radius 3 is 2.75 bits per heavy atom. The Morgan fingerprint density at radius 1 is 1.18 bits per heavy atom. The first-order valence-electron chi connectivity index (χ1n) is 8.80. The summed E-state index contributed by atoms with van der Waals surface area (Å²) in [5.41, 5.74) is 5.70. The molecule has 4 rings (SSSR count). The zero-order valence-electron chi connectivity index (χ0n) is 15.8. The number of benzene rings is 1. The number of nitrogens with one attached hydrogen (secondary N) is 1. The summed E-state index contributed by atoms with van der Waals surface area (Å²) in [6.07, 6.45) is 7.21. The molecule has 28 heavy (non-hydrogen) atoms. The van der Waals surface area contributed by atoms with Crippen molar-refractivity contribution in [3.63, 3.8) is 0 Å². The van der Waals surface area contributed by atoms with Gasteiger partial charge in [0.2, 0.25) is 0 Å². The summed E-state index contributed by atoms with van der Waals surface area (Å²) in [7, 11) is 1.86. The highest BCUT2D eigenvalue weighted by Gasteiger charge is 2.25. The minimum atomic E-state index is -0.154.